The van der Waals surface area contributed by atoms with Crippen LogP contribution in [0, 0.1) is 0 Å². The monoisotopic (exact) mass is 248 g/mol. The van der Waals surface area contributed by atoms with Crippen molar-refractivity contribution in [2.24, 2.45) is 0 Å². The molecule has 0 amide bonds. The predicted octanol–water partition coefficient (Wildman–Crippen LogP) is 1.23. The van der Waals surface area contributed by atoms with Gasteiger partial charge in [-0.2, -0.15) is 0 Å². The van der Waals surface area contributed by atoms with Crippen molar-refractivity contribution in [3.63, 3.8) is 0 Å². The highest BCUT2D eigenvalue weighted by Gasteiger charge is 2.22. The second-order valence-electron chi connectivity index (χ2n) is 5.14. The van der Waals surface area contributed by atoms with Gasteiger partial charge >= 0.3 is 0 Å². The largest absolute Gasteiger partial charge is 0.395 e. The Bertz CT molecular complexity index is 342. The molecular weight excluding hydrogens is 224 g/mol. The van der Waals surface area contributed by atoms with Crippen molar-refractivity contribution in [3.8, 4) is 0 Å². The van der Waals surface area contributed by atoms with Crippen molar-refractivity contribution in [1.29, 1.82) is 0 Å². The van der Waals surface area contributed by atoms with Crippen molar-refractivity contribution in [3.05, 3.63) is 35.9 Å². The molecule has 1 aliphatic heterocycles. The Balaban J connectivity index is 1.77. The normalized spacial score (nSPS) is 22.2. The number of piperazine rings is 1. The number of hydrogen-bond acceptors (Lipinski definition) is 3. The fourth-order valence-electron chi connectivity index (χ4n) is 2.66. The molecular formula is C15H24N2O. The minimum absolute atomic E-state index is 0.275. The highest BCUT2D eigenvalue weighted by molar-refractivity contribution is 5.14. The SMILES string of the molecule is C[C@@H]1CN(CCO)CCN1CCc1ccccc1. The lowest BCUT2D eigenvalue weighted by Crippen LogP contribution is -2.52. The molecule has 0 saturated carbocycles. The summed E-state index contributed by atoms with van der Waals surface area (Å²) in [4.78, 5) is 4.91. The number of aliphatic hydroxyl groups is 1. The van der Waals surface area contributed by atoms with Gasteiger partial charge in [0.05, 0.1) is 6.61 Å². The Hall–Kier alpha value is -0.900. The van der Waals surface area contributed by atoms with Crippen LogP contribution in [0.1, 0.15) is 12.5 Å². The first-order valence-corrected chi connectivity index (χ1v) is 6.91. The number of nitrogens with zero attached hydrogens (tertiary/aromatic N) is 2. The average molecular weight is 248 g/mol. The van der Waals surface area contributed by atoms with Gasteiger partial charge in [-0.25, -0.2) is 0 Å². The zero-order valence-corrected chi connectivity index (χ0v) is 11.3. The van der Waals surface area contributed by atoms with Crippen molar-refractivity contribution in [2.75, 3.05) is 39.3 Å². The van der Waals surface area contributed by atoms with Gasteiger partial charge in [0, 0.05) is 38.8 Å². The van der Waals surface area contributed by atoms with Crippen LogP contribution in [0.15, 0.2) is 30.3 Å². The molecule has 1 saturated heterocycles. The number of benzene rings is 1. The summed E-state index contributed by atoms with van der Waals surface area (Å²) in [5.41, 5.74) is 1.42. The first kappa shape index (κ1) is 13.5. The maximum atomic E-state index is 8.97. The zero-order valence-electron chi connectivity index (χ0n) is 11.3. The summed E-state index contributed by atoms with van der Waals surface area (Å²) >= 11 is 0. The van der Waals surface area contributed by atoms with E-state index in [4.69, 9.17) is 5.11 Å². The van der Waals surface area contributed by atoms with E-state index in [0.717, 1.165) is 39.1 Å². The van der Waals surface area contributed by atoms with E-state index in [0.29, 0.717) is 6.04 Å². The first-order valence-electron chi connectivity index (χ1n) is 6.91. The fourth-order valence-corrected chi connectivity index (χ4v) is 2.66. The summed E-state index contributed by atoms with van der Waals surface area (Å²) in [5.74, 6) is 0. The molecule has 18 heavy (non-hydrogen) atoms. The molecule has 0 aromatic heterocycles. The van der Waals surface area contributed by atoms with E-state index >= 15 is 0 Å². The van der Waals surface area contributed by atoms with Crippen LogP contribution in [0.5, 0.6) is 0 Å². The van der Waals surface area contributed by atoms with E-state index in [2.05, 4.69) is 47.1 Å². The van der Waals surface area contributed by atoms with Gasteiger partial charge in [-0.15, -0.1) is 0 Å². The number of aliphatic hydroxyl groups excluding tert-OH is 1. The lowest BCUT2D eigenvalue weighted by atomic mass is 10.1. The highest BCUT2D eigenvalue weighted by atomic mass is 16.3. The van der Waals surface area contributed by atoms with E-state index in [9.17, 15) is 0 Å². The van der Waals surface area contributed by atoms with Crippen molar-refractivity contribution in [1.82, 2.24) is 9.80 Å². The van der Waals surface area contributed by atoms with Crippen LogP contribution in [0.2, 0.25) is 0 Å². The van der Waals surface area contributed by atoms with Crippen LogP contribution in [0.25, 0.3) is 0 Å². The lowest BCUT2D eigenvalue weighted by molar-refractivity contribution is 0.0723. The summed E-state index contributed by atoms with van der Waals surface area (Å²) < 4.78 is 0. The molecule has 1 heterocycles. The fraction of sp³-hybridized carbons (Fsp3) is 0.600. The molecule has 1 N–H and O–H groups in total. The molecule has 0 radical (unpaired) electrons. The Morgan fingerprint density at radius 2 is 1.94 bits per heavy atom. The topological polar surface area (TPSA) is 26.7 Å². The van der Waals surface area contributed by atoms with Crippen molar-refractivity contribution >= 4 is 0 Å². The summed E-state index contributed by atoms with van der Waals surface area (Å²) in [5, 5.41) is 8.97. The minimum Gasteiger partial charge on any atom is -0.395 e. The van der Waals surface area contributed by atoms with Gasteiger partial charge in [0.2, 0.25) is 0 Å². The molecule has 3 nitrogen and oxygen atoms in total. The van der Waals surface area contributed by atoms with Gasteiger partial charge in [-0.05, 0) is 18.9 Å². The molecule has 1 fully saturated rings. The third kappa shape index (κ3) is 3.80. The quantitative estimate of drug-likeness (QED) is 0.849. The second kappa shape index (κ2) is 6.88. The Morgan fingerprint density at radius 3 is 2.61 bits per heavy atom. The molecule has 0 spiro atoms. The summed E-state index contributed by atoms with van der Waals surface area (Å²) in [6.07, 6.45) is 1.13. The average Bonchev–Trinajstić information content (AvgIpc) is 2.39. The van der Waals surface area contributed by atoms with E-state index in [1.807, 2.05) is 0 Å². The van der Waals surface area contributed by atoms with E-state index in [1.165, 1.54) is 5.56 Å². The van der Waals surface area contributed by atoms with Gasteiger partial charge in [0.1, 0.15) is 0 Å². The van der Waals surface area contributed by atoms with Crippen molar-refractivity contribution in [2.45, 2.75) is 19.4 Å². The molecule has 0 bridgehead atoms. The maximum Gasteiger partial charge on any atom is 0.0558 e. The molecule has 100 valence electrons. The molecule has 1 aromatic carbocycles. The summed E-state index contributed by atoms with van der Waals surface area (Å²) in [6.45, 7) is 7.79. The number of hydrogen-bond donors (Lipinski definition) is 1. The standard InChI is InChI=1S/C15H24N2O/c1-14-13-16(11-12-18)9-10-17(14)8-7-15-5-3-2-4-6-15/h2-6,14,18H,7-13H2,1H3/t14-/m1/s1. The number of rotatable bonds is 5. The molecule has 1 aliphatic rings. The third-order valence-electron chi connectivity index (χ3n) is 3.80. The van der Waals surface area contributed by atoms with Gasteiger partial charge in [0.15, 0.2) is 0 Å². The molecule has 1 atom stereocenters. The maximum absolute atomic E-state index is 8.97. The van der Waals surface area contributed by atoms with Gasteiger partial charge in [0.25, 0.3) is 0 Å². The van der Waals surface area contributed by atoms with Crippen LogP contribution >= 0.6 is 0 Å². The van der Waals surface area contributed by atoms with E-state index in [-0.39, 0.29) is 6.61 Å². The molecule has 1 aromatic rings. The zero-order chi connectivity index (χ0) is 12.8. The lowest BCUT2D eigenvalue weighted by Gasteiger charge is -2.39. The highest BCUT2D eigenvalue weighted by Crippen LogP contribution is 2.10. The van der Waals surface area contributed by atoms with Crippen LogP contribution in [0.3, 0.4) is 0 Å². The van der Waals surface area contributed by atoms with Crippen LogP contribution in [-0.2, 0) is 6.42 Å². The van der Waals surface area contributed by atoms with Crippen LogP contribution in [0.4, 0.5) is 0 Å². The van der Waals surface area contributed by atoms with Gasteiger partial charge in [-0.3, -0.25) is 9.80 Å². The summed E-state index contributed by atoms with van der Waals surface area (Å²) in [7, 11) is 0. The van der Waals surface area contributed by atoms with Gasteiger partial charge < -0.3 is 5.11 Å². The number of β-amino-alcohol motifs (C(OH)–C–C–N with tert-alkyl or cyclic N) is 1. The van der Waals surface area contributed by atoms with Crippen LogP contribution < -0.4 is 0 Å². The molecule has 0 unspecified atom stereocenters. The smallest absolute Gasteiger partial charge is 0.0558 e. The molecule has 3 heteroatoms. The minimum atomic E-state index is 0.275. The van der Waals surface area contributed by atoms with Crippen molar-refractivity contribution < 1.29 is 5.11 Å². The first-order chi connectivity index (χ1) is 8.79. The van der Waals surface area contributed by atoms with Gasteiger partial charge in [-0.1, -0.05) is 30.3 Å². The Kier molecular flexibility index (Phi) is 5.17. The molecule has 0 aliphatic carbocycles. The summed E-state index contributed by atoms with van der Waals surface area (Å²) in [6, 6.07) is 11.3. The predicted molar refractivity (Wildman–Crippen MR) is 74.7 cm³/mol. The second-order valence-corrected chi connectivity index (χ2v) is 5.14. The van der Waals surface area contributed by atoms with E-state index < -0.39 is 0 Å². The Labute approximate surface area is 110 Å². The Morgan fingerprint density at radius 1 is 1.17 bits per heavy atom. The third-order valence-corrected chi connectivity index (χ3v) is 3.80. The molecule has 2 rings (SSSR count). The van der Waals surface area contributed by atoms with E-state index in [1.54, 1.807) is 0 Å². The van der Waals surface area contributed by atoms with Crippen LogP contribution in [-0.4, -0.2) is 60.3 Å².